The lowest BCUT2D eigenvalue weighted by atomic mass is 9.86. The molecule has 1 fully saturated rings. The van der Waals surface area contributed by atoms with Gasteiger partial charge in [-0.15, -0.1) is 0 Å². The summed E-state index contributed by atoms with van der Waals surface area (Å²) in [5, 5.41) is 6.02. The first-order valence-electron chi connectivity index (χ1n) is 11.6. The standard InChI is InChI=1S/C26H33N3O2/c30-19-27-25(21-8-3-1-4-9-21)17-26(31)28-24-11-7-10-22-16-20(12-13-23(22)24)18-29-14-5-2-6-15-29/h1,3-4,8-9,12-13,16,19,24-25H,2,5-7,10-11,14-15,17-18H2,(H,27,30)(H,28,31)/t24?,25-/m1/s1. The minimum absolute atomic E-state index is 0.0292. The molecule has 0 radical (unpaired) electrons. The topological polar surface area (TPSA) is 61.4 Å². The number of carbonyl (C=O) groups excluding carboxylic acids is 2. The van der Waals surface area contributed by atoms with Gasteiger partial charge in [0.05, 0.1) is 18.5 Å². The Balaban J connectivity index is 1.40. The minimum Gasteiger partial charge on any atom is -0.351 e. The molecule has 0 aromatic heterocycles. The number of hydrogen-bond acceptors (Lipinski definition) is 3. The number of rotatable bonds is 8. The second kappa shape index (κ2) is 10.6. The Morgan fingerprint density at radius 2 is 1.87 bits per heavy atom. The highest BCUT2D eigenvalue weighted by molar-refractivity contribution is 5.78. The molecule has 2 aliphatic rings. The van der Waals surface area contributed by atoms with Crippen molar-refractivity contribution in [3.8, 4) is 0 Å². The lowest BCUT2D eigenvalue weighted by Crippen LogP contribution is -2.34. The number of benzene rings is 2. The van der Waals surface area contributed by atoms with Gasteiger partial charge in [-0.25, -0.2) is 0 Å². The number of nitrogens with one attached hydrogen (secondary N) is 2. The first kappa shape index (κ1) is 21.6. The molecule has 0 bridgehead atoms. The molecule has 0 spiro atoms. The Bertz CT molecular complexity index is 877. The zero-order valence-electron chi connectivity index (χ0n) is 18.2. The highest BCUT2D eigenvalue weighted by atomic mass is 16.2. The molecule has 2 N–H and O–H groups in total. The van der Waals surface area contributed by atoms with Gasteiger partial charge in [0, 0.05) is 6.54 Å². The van der Waals surface area contributed by atoms with E-state index in [-0.39, 0.29) is 24.4 Å². The molecule has 2 aromatic carbocycles. The third kappa shape index (κ3) is 5.73. The predicted octanol–water partition coefficient (Wildman–Crippen LogP) is 4.04. The third-order valence-corrected chi connectivity index (χ3v) is 6.57. The van der Waals surface area contributed by atoms with E-state index < -0.39 is 0 Å². The summed E-state index contributed by atoms with van der Waals surface area (Å²) in [4.78, 5) is 26.4. The molecule has 0 saturated carbocycles. The third-order valence-electron chi connectivity index (χ3n) is 6.57. The van der Waals surface area contributed by atoms with Crippen LogP contribution in [0.25, 0.3) is 0 Å². The number of nitrogens with zero attached hydrogens (tertiary/aromatic N) is 1. The maximum Gasteiger partial charge on any atom is 0.222 e. The van der Waals surface area contributed by atoms with Gasteiger partial charge in [0.15, 0.2) is 0 Å². The lowest BCUT2D eigenvalue weighted by Gasteiger charge is -2.29. The van der Waals surface area contributed by atoms with Gasteiger partial charge in [0.1, 0.15) is 0 Å². The maximum absolute atomic E-state index is 12.8. The second-order valence-corrected chi connectivity index (χ2v) is 8.83. The summed E-state index contributed by atoms with van der Waals surface area (Å²) in [5.74, 6) is -0.0292. The Labute approximate surface area is 185 Å². The molecule has 1 aliphatic heterocycles. The van der Waals surface area contributed by atoms with Crippen molar-refractivity contribution in [1.82, 2.24) is 15.5 Å². The smallest absolute Gasteiger partial charge is 0.222 e. The number of likely N-dealkylation sites (tertiary alicyclic amines) is 1. The van der Waals surface area contributed by atoms with Crippen molar-refractivity contribution in [2.24, 2.45) is 0 Å². The molecular formula is C26H33N3O2. The molecule has 2 atom stereocenters. The van der Waals surface area contributed by atoms with Crippen LogP contribution in [0.2, 0.25) is 0 Å². The van der Waals surface area contributed by atoms with Crippen molar-refractivity contribution < 1.29 is 9.59 Å². The molecule has 164 valence electrons. The van der Waals surface area contributed by atoms with Crippen molar-refractivity contribution in [1.29, 1.82) is 0 Å². The lowest BCUT2D eigenvalue weighted by molar-refractivity contribution is -0.122. The van der Waals surface area contributed by atoms with E-state index in [4.69, 9.17) is 0 Å². The van der Waals surface area contributed by atoms with E-state index in [0.29, 0.717) is 6.41 Å². The Kier molecular flexibility index (Phi) is 7.36. The summed E-state index contributed by atoms with van der Waals surface area (Å²) in [6.07, 6.45) is 8.00. The Morgan fingerprint density at radius 1 is 1.06 bits per heavy atom. The molecule has 5 heteroatoms. The number of aryl methyl sites for hydroxylation is 1. The minimum atomic E-state index is -0.311. The van der Waals surface area contributed by atoms with Crippen LogP contribution in [0.4, 0.5) is 0 Å². The molecule has 1 saturated heterocycles. The summed E-state index contributed by atoms with van der Waals surface area (Å²) in [6, 6.07) is 16.2. The van der Waals surface area contributed by atoms with E-state index in [9.17, 15) is 9.59 Å². The zero-order valence-corrected chi connectivity index (χ0v) is 18.2. The predicted molar refractivity (Wildman–Crippen MR) is 122 cm³/mol. The Hall–Kier alpha value is -2.66. The number of fused-ring (bicyclic) bond motifs is 1. The summed E-state index contributed by atoms with van der Waals surface area (Å²) >= 11 is 0. The fourth-order valence-corrected chi connectivity index (χ4v) is 4.97. The number of carbonyl (C=O) groups is 2. The van der Waals surface area contributed by atoms with Gasteiger partial charge >= 0.3 is 0 Å². The van der Waals surface area contributed by atoms with Gasteiger partial charge < -0.3 is 10.6 Å². The molecule has 2 amide bonds. The summed E-state index contributed by atoms with van der Waals surface area (Å²) in [6.45, 7) is 3.43. The fourth-order valence-electron chi connectivity index (χ4n) is 4.97. The van der Waals surface area contributed by atoms with Gasteiger partial charge in [-0.3, -0.25) is 14.5 Å². The molecule has 5 nitrogen and oxygen atoms in total. The van der Waals surface area contributed by atoms with E-state index >= 15 is 0 Å². The largest absolute Gasteiger partial charge is 0.351 e. The first-order valence-corrected chi connectivity index (χ1v) is 11.6. The monoisotopic (exact) mass is 419 g/mol. The van der Waals surface area contributed by atoms with Crippen LogP contribution in [-0.4, -0.2) is 30.3 Å². The van der Waals surface area contributed by atoms with Crippen LogP contribution >= 0.6 is 0 Å². The maximum atomic E-state index is 12.8. The van der Waals surface area contributed by atoms with Crippen molar-refractivity contribution in [3.63, 3.8) is 0 Å². The van der Waals surface area contributed by atoms with Crippen LogP contribution < -0.4 is 10.6 Å². The average molecular weight is 420 g/mol. The first-order chi connectivity index (χ1) is 15.2. The molecule has 1 unspecified atom stereocenters. The van der Waals surface area contributed by atoms with Crippen molar-refractivity contribution >= 4 is 12.3 Å². The summed E-state index contributed by atoms with van der Waals surface area (Å²) < 4.78 is 0. The van der Waals surface area contributed by atoms with Gasteiger partial charge in [0.2, 0.25) is 12.3 Å². The van der Waals surface area contributed by atoms with Crippen molar-refractivity contribution in [3.05, 3.63) is 70.8 Å². The van der Waals surface area contributed by atoms with Crippen LogP contribution in [0.3, 0.4) is 0 Å². The number of amides is 2. The van der Waals surface area contributed by atoms with Crippen LogP contribution in [0.5, 0.6) is 0 Å². The van der Waals surface area contributed by atoms with Gasteiger partial charge in [0.25, 0.3) is 0 Å². The van der Waals surface area contributed by atoms with Crippen LogP contribution in [-0.2, 0) is 22.6 Å². The molecule has 4 rings (SSSR count). The highest BCUT2D eigenvalue weighted by Gasteiger charge is 2.24. The number of piperidine rings is 1. The Morgan fingerprint density at radius 3 is 2.65 bits per heavy atom. The van der Waals surface area contributed by atoms with Crippen molar-refractivity contribution in [2.45, 2.75) is 63.6 Å². The number of hydrogen-bond donors (Lipinski definition) is 2. The molecule has 1 heterocycles. The zero-order chi connectivity index (χ0) is 21.5. The molecular weight excluding hydrogens is 386 g/mol. The molecule has 1 aliphatic carbocycles. The van der Waals surface area contributed by atoms with Crippen molar-refractivity contribution in [2.75, 3.05) is 13.1 Å². The van der Waals surface area contributed by atoms with E-state index in [2.05, 4.69) is 33.7 Å². The summed E-state index contributed by atoms with van der Waals surface area (Å²) in [7, 11) is 0. The van der Waals surface area contributed by atoms with E-state index in [0.717, 1.165) is 31.4 Å². The van der Waals surface area contributed by atoms with Crippen LogP contribution in [0, 0.1) is 0 Å². The summed E-state index contributed by atoms with van der Waals surface area (Å²) in [5.41, 5.74) is 4.95. The van der Waals surface area contributed by atoms with Crippen LogP contribution in [0.15, 0.2) is 48.5 Å². The van der Waals surface area contributed by atoms with Gasteiger partial charge in [-0.1, -0.05) is 55.0 Å². The second-order valence-electron chi connectivity index (χ2n) is 8.83. The molecule has 31 heavy (non-hydrogen) atoms. The molecule has 2 aromatic rings. The quantitative estimate of drug-likeness (QED) is 0.635. The average Bonchev–Trinajstić information content (AvgIpc) is 2.80. The van der Waals surface area contributed by atoms with Gasteiger partial charge in [-0.2, -0.15) is 0 Å². The van der Waals surface area contributed by atoms with E-state index in [1.807, 2.05) is 30.3 Å². The van der Waals surface area contributed by atoms with E-state index in [1.165, 1.54) is 49.0 Å². The van der Waals surface area contributed by atoms with Gasteiger partial charge in [-0.05, 0) is 67.4 Å². The fraction of sp³-hybridized carbons (Fsp3) is 0.462. The van der Waals surface area contributed by atoms with E-state index in [1.54, 1.807) is 0 Å². The van der Waals surface area contributed by atoms with Crippen LogP contribution in [0.1, 0.15) is 72.9 Å². The normalized spacial score (nSPS) is 19.8. The highest BCUT2D eigenvalue weighted by Crippen LogP contribution is 2.31. The SMILES string of the molecule is O=CN[C@H](CC(=O)NC1CCCc2cc(CN3CCCCC3)ccc21)c1ccccc1.